The molecule has 0 aliphatic rings. The highest BCUT2D eigenvalue weighted by atomic mass is 19.4. The zero-order valence-corrected chi connectivity index (χ0v) is 6.94. The zero-order valence-electron chi connectivity index (χ0n) is 6.94. The van der Waals surface area contributed by atoms with Crippen LogP contribution in [0, 0.1) is 5.82 Å². The highest BCUT2D eigenvalue weighted by molar-refractivity contribution is 5.28. The average molecular weight is 209 g/mol. The molecular formula is C8H7F4NO. The summed E-state index contributed by atoms with van der Waals surface area (Å²) in [6.07, 6.45) is -4.81. The monoisotopic (exact) mass is 209 g/mol. The standard InChI is InChI=1S/C8H7F4NO/c9-7-3-6(14-8(10,11)12)2-1-5(7)4-13/h1-3H,4,13H2. The summed E-state index contributed by atoms with van der Waals surface area (Å²) in [5.74, 6) is -1.40. The average Bonchev–Trinajstić information content (AvgIpc) is 2.01. The lowest BCUT2D eigenvalue weighted by Gasteiger charge is -2.09. The molecule has 14 heavy (non-hydrogen) atoms. The lowest BCUT2D eigenvalue weighted by molar-refractivity contribution is -0.274. The van der Waals surface area contributed by atoms with E-state index in [-0.39, 0.29) is 12.1 Å². The number of benzene rings is 1. The molecule has 1 aromatic rings. The van der Waals surface area contributed by atoms with Crippen LogP contribution in [0.15, 0.2) is 18.2 Å². The second-order valence-electron chi connectivity index (χ2n) is 2.51. The second kappa shape index (κ2) is 3.83. The molecule has 0 amide bonds. The van der Waals surface area contributed by atoms with Crippen LogP contribution in [0.5, 0.6) is 5.75 Å². The van der Waals surface area contributed by atoms with Crippen LogP contribution in [0.4, 0.5) is 17.6 Å². The van der Waals surface area contributed by atoms with Crippen LogP contribution in [0.2, 0.25) is 0 Å². The third-order valence-corrected chi connectivity index (χ3v) is 1.48. The molecule has 1 rings (SSSR count). The third kappa shape index (κ3) is 2.88. The van der Waals surface area contributed by atoms with Crippen molar-refractivity contribution in [3.05, 3.63) is 29.6 Å². The van der Waals surface area contributed by atoms with E-state index >= 15 is 0 Å². The van der Waals surface area contributed by atoms with Crippen molar-refractivity contribution in [2.24, 2.45) is 5.73 Å². The van der Waals surface area contributed by atoms with Gasteiger partial charge in [-0.05, 0) is 6.07 Å². The highest BCUT2D eigenvalue weighted by Crippen LogP contribution is 2.24. The summed E-state index contributed by atoms with van der Waals surface area (Å²) >= 11 is 0. The molecule has 78 valence electrons. The van der Waals surface area contributed by atoms with Gasteiger partial charge >= 0.3 is 6.36 Å². The summed E-state index contributed by atoms with van der Waals surface area (Å²) in [6, 6.07) is 2.81. The van der Waals surface area contributed by atoms with Crippen molar-refractivity contribution < 1.29 is 22.3 Å². The summed E-state index contributed by atoms with van der Waals surface area (Å²) in [6.45, 7) is -0.0713. The maximum absolute atomic E-state index is 12.9. The van der Waals surface area contributed by atoms with Gasteiger partial charge in [-0.3, -0.25) is 0 Å². The molecule has 2 N–H and O–H groups in total. The van der Waals surface area contributed by atoms with Crippen LogP contribution in [-0.2, 0) is 6.54 Å². The Hall–Kier alpha value is -1.30. The quantitative estimate of drug-likeness (QED) is 0.757. The van der Waals surface area contributed by atoms with Gasteiger partial charge in [0.05, 0.1) is 0 Å². The molecule has 0 saturated heterocycles. The van der Waals surface area contributed by atoms with Crippen LogP contribution in [0.3, 0.4) is 0 Å². The van der Waals surface area contributed by atoms with Gasteiger partial charge in [-0.1, -0.05) is 6.07 Å². The van der Waals surface area contributed by atoms with E-state index in [2.05, 4.69) is 4.74 Å². The SMILES string of the molecule is NCc1ccc(OC(F)(F)F)cc1F. The van der Waals surface area contributed by atoms with E-state index in [1.807, 2.05) is 0 Å². The van der Waals surface area contributed by atoms with Gasteiger partial charge in [0.15, 0.2) is 0 Å². The maximum Gasteiger partial charge on any atom is 0.573 e. The molecule has 0 saturated carbocycles. The van der Waals surface area contributed by atoms with Crippen molar-refractivity contribution in [3.63, 3.8) is 0 Å². The summed E-state index contributed by atoms with van der Waals surface area (Å²) in [4.78, 5) is 0. The Labute approximate surface area is 77.3 Å². The van der Waals surface area contributed by atoms with Crippen molar-refractivity contribution >= 4 is 0 Å². The van der Waals surface area contributed by atoms with Gasteiger partial charge in [0, 0.05) is 18.2 Å². The predicted molar refractivity (Wildman–Crippen MR) is 41.0 cm³/mol. The summed E-state index contributed by atoms with van der Waals surface area (Å²) in [5, 5.41) is 0. The van der Waals surface area contributed by atoms with Crippen LogP contribution in [-0.4, -0.2) is 6.36 Å². The highest BCUT2D eigenvalue weighted by Gasteiger charge is 2.31. The first-order valence-electron chi connectivity index (χ1n) is 3.66. The van der Waals surface area contributed by atoms with Crippen LogP contribution >= 0.6 is 0 Å². The van der Waals surface area contributed by atoms with E-state index in [1.54, 1.807) is 0 Å². The molecule has 6 heteroatoms. The first-order valence-corrected chi connectivity index (χ1v) is 3.66. The molecule has 0 spiro atoms. The number of nitrogens with two attached hydrogens (primary N) is 1. The number of rotatable bonds is 2. The number of halogens is 4. The summed E-state index contributed by atoms with van der Waals surface area (Å²) in [7, 11) is 0. The van der Waals surface area contributed by atoms with E-state index in [1.165, 1.54) is 0 Å². The first kappa shape index (κ1) is 10.8. The fourth-order valence-electron chi connectivity index (χ4n) is 0.891. The van der Waals surface area contributed by atoms with Crippen LogP contribution in [0.25, 0.3) is 0 Å². The summed E-state index contributed by atoms with van der Waals surface area (Å²) in [5.41, 5.74) is 5.26. The number of hydrogen-bond acceptors (Lipinski definition) is 2. The minimum atomic E-state index is -4.81. The molecule has 0 aliphatic carbocycles. The third-order valence-electron chi connectivity index (χ3n) is 1.48. The fourth-order valence-corrected chi connectivity index (χ4v) is 0.891. The normalized spacial score (nSPS) is 11.5. The molecule has 1 aromatic carbocycles. The van der Waals surface area contributed by atoms with Crippen molar-refractivity contribution in [1.29, 1.82) is 0 Å². The Bertz CT molecular complexity index is 324. The number of alkyl halides is 3. The van der Waals surface area contributed by atoms with Gasteiger partial charge in [0.25, 0.3) is 0 Å². The van der Waals surface area contributed by atoms with Gasteiger partial charge in [0.2, 0.25) is 0 Å². The van der Waals surface area contributed by atoms with E-state index in [0.717, 1.165) is 12.1 Å². The minimum absolute atomic E-state index is 0.0713. The van der Waals surface area contributed by atoms with Gasteiger partial charge in [-0.2, -0.15) is 0 Å². The maximum atomic E-state index is 12.9. The van der Waals surface area contributed by atoms with E-state index in [0.29, 0.717) is 6.07 Å². The molecule has 0 fully saturated rings. The second-order valence-corrected chi connectivity index (χ2v) is 2.51. The zero-order chi connectivity index (χ0) is 10.8. The van der Waals surface area contributed by atoms with E-state index in [4.69, 9.17) is 5.73 Å². The number of hydrogen-bond donors (Lipinski definition) is 1. The molecule has 0 bridgehead atoms. The molecule has 0 radical (unpaired) electrons. The molecule has 0 unspecified atom stereocenters. The van der Waals surface area contributed by atoms with E-state index in [9.17, 15) is 17.6 Å². The van der Waals surface area contributed by atoms with Crippen LogP contribution < -0.4 is 10.5 Å². The van der Waals surface area contributed by atoms with Crippen molar-refractivity contribution in [1.82, 2.24) is 0 Å². The number of ether oxygens (including phenoxy) is 1. The lowest BCUT2D eigenvalue weighted by Crippen LogP contribution is -2.17. The Morgan fingerprint density at radius 2 is 1.93 bits per heavy atom. The van der Waals surface area contributed by atoms with Crippen molar-refractivity contribution in [3.8, 4) is 5.75 Å². The van der Waals surface area contributed by atoms with Crippen LogP contribution in [0.1, 0.15) is 5.56 Å². The Morgan fingerprint density at radius 1 is 1.29 bits per heavy atom. The van der Waals surface area contributed by atoms with Gasteiger partial charge in [-0.25, -0.2) is 4.39 Å². The molecule has 0 heterocycles. The topological polar surface area (TPSA) is 35.2 Å². The van der Waals surface area contributed by atoms with Gasteiger partial charge in [-0.15, -0.1) is 13.2 Å². The fraction of sp³-hybridized carbons (Fsp3) is 0.250. The largest absolute Gasteiger partial charge is 0.573 e. The molecule has 0 aliphatic heterocycles. The molecule has 0 aromatic heterocycles. The Balaban J connectivity index is 2.87. The smallest absolute Gasteiger partial charge is 0.406 e. The predicted octanol–water partition coefficient (Wildman–Crippen LogP) is 2.18. The van der Waals surface area contributed by atoms with Crippen molar-refractivity contribution in [2.45, 2.75) is 12.9 Å². The van der Waals surface area contributed by atoms with E-state index < -0.39 is 17.9 Å². The lowest BCUT2D eigenvalue weighted by atomic mass is 10.2. The van der Waals surface area contributed by atoms with Gasteiger partial charge in [0.1, 0.15) is 11.6 Å². The Kier molecular flexibility index (Phi) is 2.95. The minimum Gasteiger partial charge on any atom is -0.406 e. The molecule has 0 atom stereocenters. The molecular weight excluding hydrogens is 202 g/mol. The molecule has 2 nitrogen and oxygen atoms in total. The van der Waals surface area contributed by atoms with Gasteiger partial charge < -0.3 is 10.5 Å². The summed E-state index contributed by atoms with van der Waals surface area (Å²) < 4.78 is 51.5. The van der Waals surface area contributed by atoms with Crippen molar-refractivity contribution in [2.75, 3.05) is 0 Å². The Morgan fingerprint density at radius 3 is 2.36 bits per heavy atom. The first-order chi connectivity index (χ1) is 6.42.